The lowest BCUT2D eigenvalue weighted by Crippen LogP contribution is -2.61. The highest BCUT2D eigenvalue weighted by Gasteiger charge is 2.34. The largest absolute Gasteiger partial charge is 0.495 e. The molecule has 1 fully saturated rings. The van der Waals surface area contributed by atoms with E-state index in [0.717, 1.165) is 0 Å². The normalized spacial score (nSPS) is 13.5. The van der Waals surface area contributed by atoms with Crippen LogP contribution in [0.15, 0.2) is 30.6 Å². The van der Waals surface area contributed by atoms with Crippen LogP contribution in [0, 0.1) is 11.3 Å². The summed E-state index contributed by atoms with van der Waals surface area (Å²) in [5.74, 6) is 1.07. The molecule has 134 valence electrons. The van der Waals surface area contributed by atoms with E-state index in [-0.39, 0.29) is 17.8 Å². The summed E-state index contributed by atoms with van der Waals surface area (Å²) in [6.45, 7) is 1.15. The molecule has 2 amide bonds. The number of likely N-dealkylation sites (N-methyl/N-ethyl adjacent to an activating group) is 1. The smallest absolute Gasteiger partial charge is 0.322 e. The minimum Gasteiger partial charge on any atom is -0.495 e. The number of aromatic nitrogens is 2. The second kappa shape index (κ2) is 7.45. The summed E-state index contributed by atoms with van der Waals surface area (Å²) in [5.41, 5.74) is 0.787. The lowest BCUT2D eigenvalue weighted by Gasteiger charge is -2.44. The average molecular weight is 373 g/mol. The van der Waals surface area contributed by atoms with Crippen LogP contribution in [0.2, 0.25) is 5.02 Å². The van der Waals surface area contributed by atoms with Gasteiger partial charge in [0.15, 0.2) is 11.5 Å². The number of nitrogens with zero attached hydrogens (tertiary/aromatic N) is 5. The lowest BCUT2D eigenvalue weighted by atomic mass is 10.1. The monoisotopic (exact) mass is 372 g/mol. The van der Waals surface area contributed by atoms with Crippen LogP contribution in [0.1, 0.15) is 5.69 Å². The second-order valence-corrected chi connectivity index (χ2v) is 6.22. The van der Waals surface area contributed by atoms with Gasteiger partial charge in [-0.05, 0) is 18.2 Å². The van der Waals surface area contributed by atoms with Crippen LogP contribution < -0.4 is 15.0 Å². The zero-order valence-electron chi connectivity index (χ0n) is 14.3. The number of carbonyl (C=O) groups is 1. The standard InChI is InChI=1S/C17H17ClN6O2/c1-23(17(25)22-13-7-11(18)3-4-15(13)26-2)12-9-24(10-12)16-14(8-19)20-5-6-21-16/h3-7,12H,9-10H2,1-2H3,(H,22,25). The Morgan fingerprint density at radius 2 is 2.15 bits per heavy atom. The summed E-state index contributed by atoms with van der Waals surface area (Å²) in [5, 5.41) is 12.4. The van der Waals surface area contributed by atoms with E-state index in [1.165, 1.54) is 13.3 Å². The van der Waals surface area contributed by atoms with Crippen molar-refractivity contribution in [2.45, 2.75) is 6.04 Å². The van der Waals surface area contributed by atoms with Crippen molar-refractivity contribution in [2.24, 2.45) is 0 Å². The first-order chi connectivity index (χ1) is 12.5. The molecule has 9 heteroatoms. The summed E-state index contributed by atoms with van der Waals surface area (Å²) in [6.07, 6.45) is 3.03. The van der Waals surface area contributed by atoms with Gasteiger partial charge in [0, 0.05) is 37.6 Å². The van der Waals surface area contributed by atoms with Gasteiger partial charge in [-0.15, -0.1) is 0 Å². The van der Waals surface area contributed by atoms with Crippen LogP contribution in [0.5, 0.6) is 5.75 Å². The Labute approximate surface area is 156 Å². The molecule has 1 aromatic heterocycles. The first-order valence-electron chi connectivity index (χ1n) is 7.87. The Balaban J connectivity index is 1.63. The number of anilines is 2. The molecule has 0 spiro atoms. The molecule has 0 saturated carbocycles. The van der Waals surface area contributed by atoms with E-state index in [2.05, 4.69) is 15.3 Å². The number of methoxy groups -OCH3 is 1. The molecular formula is C17H17ClN6O2. The number of ether oxygens (including phenoxy) is 1. The number of hydrogen-bond acceptors (Lipinski definition) is 6. The third-order valence-electron chi connectivity index (χ3n) is 4.22. The minimum atomic E-state index is -0.269. The highest BCUT2D eigenvalue weighted by Crippen LogP contribution is 2.29. The fourth-order valence-corrected chi connectivity index (χ4v) is 2.83. The Morgan fingerprint density at radius 3 is 2.85 bits per heavy atom. The molecule has 0 atom stereocenters. The first-order valence-corrected chi connectivity index (χ1v) is 8.24. The maximum atomic E-state index is 12.5. The van der Waals surface area contributed by atoms with Crippen LogP contribution >= 0.6 is 11.6 Å². The van der Waals surface area contributed by atoms with E-state index in [9.17, 15) is 4.79 Å². The van der Waals surface area contributed by atoms with Crippen molar-refractivity contribution in [2.75, 3.05) is 37.5 Å². The summed E-state index contributed by atoms with van der Waals surface area (Å²) in [6, 6.07) is 6.78. The van der Waals surface area contributed by atoms with Crippen LogP contribution in [0.25, 0.3) is 0 Å². The van der Waals surface area contributed by atoms with Crippen molar-refractivity contribution >= 4 is 29.1 Å². The molecule has 0 bridgehead atoms. The van der Waals surface area contributed by atoms with Gasteiger partial charge in [-0.2, -0.15) is 5.26 Å². The summed E-state index contributed by atoms with van der Waals surface area (Å²) in [4.78, 5) is 24.2. The fourth-order valence-electron chi connectivity index (χ4n) is 2.66. The number of benzene rings is 1. The average Bonchev–Trinajstić information content (AvgIpc) is 2.61. The van der Waals surface area contributed by atoms with E-state index in [1.54, 1.807) is 36.3 Å². The van der Waals surface area contributed by atoms with Gasteiger partial charge in [-0.25, -0.2) is 14.8 Å². The third kappa shape index (κ3) is 3.48. The van der Waals surface area contributed by atoms with Crippen LogP contribution in [0.4, 0.5) is 16.3 Å². The predicted octanol–water partition coefficient (Wildman–Crippen LogP) is 2.36. The summed E-state index contributed by atoms with van der Waals surface area (Å²) < 4.78 is 5.24. The van der Waals surface area contributed by atoms with Crippen molar-refractivity contribution < 1.29 is 9.53 Å². The van der Waals surface area contributed by atoms with E-state index in [0.29, 0.717) is 35.4 Å². The van der Waals surface area contributed by atoms with Gasteiger partial charge in [-0.1, -0.05) is 11.6 Å². The molecule has 0 unspecified atom stereocenters. The Hall–Kier alpha value is -3.05. The Kier molecular flexibility index (Phi) is 5.09. The summed E-state index contributed by atoms with van der Waals surface area (Å²) in [7, 11) is 3.25. The number of urea groups is 1. The molecule has 0 radical (unpaired) electrons. The lowest BCUT2D eigenvalue weighted by molar-refractivity contribution is 0.191. The molecular weight excluding hydrogens is 356 g/mol. The maximum absolute atomic E-state index is 12.5. The van der Waals surface area contributed by atoms with E-state index in [4.69, 9.17) is 21.6 Å². The Morgan fingerprint density at radius 1 is 1.42 bits per heavy atom. The van der Waals surface area contributed by atoms with Crippen LogP contribution in [-0.4, -0.2) is 54.2 Å². The molecule has 1 aliphatic heterocycles. The third-order valence-corrected chi connectivity index (χ3v) is 4.45. The quantitative estimate of drug-likeness (QED) is 0.885. The number of hydrogen-bond donors (Lipinski definition) is 1. The van der Waals surface area contributed by atoms with Crippen molar-refractivity contribution in [3.05, 3.63) is 41.3 Å². The second-order valence-electron chi connectivity index (χ2n) is 5.78. The molecule has 1 aromatic carbocycles. The van der Waals surface area contributed by atoms with Gasteiger partial charge in [0.1, 0.15) is 11.8 Å². The molecule has 1 saturated heterocycles. The van der Waals surface area contributed by atoms with E-state index in [1.807, 2.05) is 11.0 Å². The molecule has 2 aromatic rings. The molecule has 2 heterocycles. The highest BCUT2D eigenvalue weighted by atomic mass is 35.5. The fraction of sp³-hybridized carbons (Fsp3) is 0.294. The molecule has 0 aliphatic carbocycles. The van der Waals surface area contributed by atoms with Gasteiger partial charge in [-0.3, -0.25) is 0 Å². The number of rotatable bonds is 4. The molecule has 8 nitrogen and oxygen atoms in total. The number of nitrogens with one attached hydrogen (secondary N) is 1. The minimum absolute atomic E-state index is 0.00581. The van der Waals surface area contributed by atoms with Crippen molar-refractivity contribution in [1.29, 1.82) is 5.26 Å². The summed E-state index contributed by atoms with van der Waals surface area (Å²) >= 11 is 5.99. The number of halogens is 1. The molecule has 1 aliphatic rings. The van der Waals surface area contributed by atoms with Crippen molar-refractivity contribution in [3.63, 3.8) is 0 Å². The number of nitriles is 1. The van der Waals surface area contributed by atoms with Gasteiger partial charge in [0.05, 0.1) is 18.8 Å². The number of amides is 2. The van der Waals surface area contributed by atoms with Crippen molar-refractivity contribution in [3.8, 4) is 11.8 Å². The first kappa shape index (κ1) is 17.8. The van der Waals surface area contributed by atoms with E-state index >= 15 is 0 Å². The van der Waals surface area contributed by atoms with Crippen LogP contribution in [0.3, 0.4) is 0 Å². The topological polar surface area (TPSA) is 94.4 Å². The van der Waals surface area contributed by atoms with Gasteiger partial charge in [0.25, 0.3) is 0 Å². The zero-order valence-corrected chi connectivity index (χ0v) is 15.1. The zero-order chi connectivity index (χ0) is 18.7. The predicted molar refractivity (Wildman–Crippen MR) is 97.5 cm³/mol. The molecule has 1 N–H and O–H groups in total. The van der Waals surface area contributed by atoms with E-state index < -0.39 is 0 Å². The SMILES string of the molecule is COc1ccc(Cl)cc1NC(=O)N(C)C1CN(c2nccnc2C#N)C1. The Bertz CT molecular complexity index is 863. The number of carbonyl (C=O) groups excluding carboxylic acids is 1. The van der Waals surface area contributed by atoms with Gasteiger partial charge in [0.2, 0.25) is 0 Å². The highest BCUT2D eigenvalue weighted by molar-refractivity contribution is 6.31. The molecule has 26 heavy (non-hydrogen) atoms. The van der Waals surface area contributed by atoms with Gasteiger partial charge >= 0.3 is 6.03 Å². The van der Waals surface area contributed by atoms with Crippen molar-refractivity contribution in [1.82, 2.24) is 14.9 Å². The molecule has 3 rings (SSSR count). The van der Waals surface area contributed by atoms with Crippen LogP contribution in [-0.2, 0) is 0 Å². The van der Waals surface area contributed by atoms with Gasteiger partial charge < -0.3 is 19.9 Å². The maximum Gasteiger partial charge on any atom is 0.322 e.